The Morgan fingerprint density at radius 1 is 0.875 bits per heavy atom. The third kappa shape index (κ3) is 3.84. The molecule has 3 aromatic carbocycles. The van der Waals surface area contributed by atoms with Crippen molar-refractivity contribution < 1.29 is 19.0 Å². The first-order valence-electron chi connectivity index (χ1n) is 7.65. The van der Waals surface area contributed by atoms with Gasteiger partial charge in [0.05, 0.1) is 7.11 Å². The molecule has 0 atom stereocenters. The van der Waals surface area contributed by atoms with Crippen LogP contribution in [0.2, 0.25) is 0 Å². The number of fused-ring (bicyclic) bond motifs is 1. The summed E-state index contributed by atoms with van der Waals surface area (Å²) >= 11 is 0. The minimum atomic E-state index is -0.404. The molecule has 0 saturated heterocycles. The largest absolute Gasteiger partial charge is 0.497 e. The highest BCUT2D eigenvalue weighted by molar-refractivity contribution is 5.85. The fourth-order valence-corrected chi connectivity index (χ4v) is 2.43. The van der Waals surface area contributed by atoms with Gasteiger partial charge in [0.2, 0.25) is 0 Å². The van der Waals surface area contributed by atoms with E-state index in [9.17, 15) is 4.79 Å². The van der Waals surface area contributed by atoms with E-state index in [-0.39, 0.29) is 13.2 Å². The highest BCUT2D eigenvalue weighted by Crippen LogP contribution is 2.19. The molecule has 0 N–H and O–H groups in total. The van der Waals surface area contributed by atoms with Crippen LogP contribution in [-0.2, 0) is 16.1 Å². The van der Waals surface area contributed by atoms with Gasteiger partial charge in [0.1, 0.15) is 18.1 Å². The molecular weight excluding hydrogens is 304 g/mol. The molecule has 0 radical (unpaired) electrons. The van der Waals surface area contributed by atoms with Crippen molar-refractivity contribution in [2.75, 3.05) is 13.7 Å². The zero-order valence-corrected chi connectivity index (χ0v) is 13.4. The van der Waals surface area contributed by atoms with Gasteiger partial charge in [-0.3, -0.25) is 0 Å². The lowest BCUT2D eigenvalue weighted by atomic mass is 10.1. The standard InChI is InChI=1S/C20H18O4/c1-22-17-9-11-18(12-10-17)23-14-20(21)24-13-16-7-4-6-15-5-2-3-8-19(15)16/h2-12H,13-14H2,1H3. The molecule has 0 fully saturated rings. The van der Waals surface area contributed by atoms with E-state index in [2.05, 4.69) is 0 Å². The van der Waals surface area contributed by atoms with Crippen molar-refractivity contribution in [3.05, 3.63) is 72.3 Å². The Balaban J connectivity index is 1.55. The van der Waals surface area contributed by atoms with Crippen molar-refractivity contribution >= 4 is 16.7 Å². The summed E-state index contributed by atoms with van der Waals surface area (Å²) < 4.78 is 15.8. The number of ether oxygens (including phenoxy) is 3. The van der Waals surface area contributed by atoms with Crippen LogP contribution in [0.15, 0.2) is 66.7 Å². The molecule has 0 unspecified atom stereocenters. The fraction of sp³-hybridized carbons (Fsp3) is 0.150. The van der Waals surface area contributed by atoms with Crippen LogP contribution in [0.1, 0.15) is 5.56 Å². The smallest absolute Gasteiger partial charge is 0.344 e. The van der Waals surface area contributed by atoms with Crippen LogP contribution < -0.4 is 9.47 Å². The van der Waals surface area contributed by atoms with E-state index in [0.29, 0.717) is 5.75 Å². The van der Waals surface area contributed by atoms with Gasteiger partial charge in [-0.2, -0.15) is 0 Å². The zero-order valence-electron chi connectivity index (χ0n) is 13.4. The molecule has 3 rings (SSSR count). The Hall–Kier alpha value is -3.01. The molecular formula is C20H18O4. The summed E-state index contributed by atoms with van der Waals surface area (Å²) in [5.74, 6) is 0.928. The van der Waals surface area contributed by atoms with Crippen LogP contribution in [0, 0.1) is 0 Å². The Bertz CT molecular complexity index is 819. The number of hydrogen-bond acceptors (Lipinski definition) is 4. The van der Waals surface area contributed by atoms with Gasteiger partial charge in [-0.25, -0.2) is 4.79 Å². The summed E-state index contributed by atoms with van der Waals surface area (Å²) in [6, 6.07) is 21.0. The van der Waals surface area contributed by atoms with Crippen molar-refractivity contribution in [1.29, 1.82) is 0 Å². The Kier molecular flexibility index (Phi) is 4.96. The van der Waals surface area contributed by atoms with Crippen LogP contribution in [0.25, 0.3) is 10.8 Å². The van der Waals surface area contributed by atoms with Crippen molar-refractivity contribution in [2.24, 2.45) is 0 Å². The number of hydrogen-bond donors (Lipinski definition) is 0. The topological polar surface area (TPSA) is 44.8 Å². The van der Waals surface area contributed by atoms with Crippen LogP contribution in [0.4, 0.5) is 0 Å². The van der Waals surface area contributed by atoms with Crippen molar-refractivity contribution in [2.45, 2.75) is 6.61 Å². The number of rotatable bonds is 6. The molecule has 0 aromatic heterocycles. The second-order valence-corrected chi connectivity index (χ2v) is 5.26. The second-order valence-electron chi connectivity index (χ2n) is 5.26. The molecule has 0 amide bonds. The fourth-order valence-electron chi connectivity index (χ4n) is 2.43. The molecule has 122 valence electrons. The summed E-state index contributed by atoms with van der Waals surface area (Å²) in [5, 5.41) is 2.21. The quantitative estimate of drug-likeness (QED) is 0.644. The van der Waals surface area contributed by atoms with Gasteiger partial charge in [0, 0.05) is 0 Å². The highest BCUT2D eigenvalue weighted by atomic mass is 16.6. The maximum atomic E-state index is 11.9. The Morgan fingerprint density at radius 2 is 1.58 bits per heavy atom. The van der Waals surface area contributed by atoms with Crippen molar-refractivity contribution in [3.8, 4) is 11.5 Å². The molecule has 0 bridgehead atoms. The molecule has 0 heterocycles. The summed E-state index contributed by atoms with van der Waals surface area (Å²) in [6.45, 7) is 0.100. The van der Waals surface area contributed by atoms with E-state index in [4.69, 9.17) is 14.2 Å². The highest BCUT2D eigenvalue weighted by Gasteiger charge is 2.07. The first-order chi connectivity index (χ1) is 11.8. The lowest BCUT2D eigenvalue weighted by molar-refractivity contribution is -0.147. The van der Waals surface area contributed by atoms with Gasteiger partial charge >= 0.3 is 5.97 Å². The molecule has 4 heteroatoms. The first-order valence-corrected chi connectivity index (χ1v) is 7.65. The molecule has 0 saturated carbocycles. The normalized spacial score (nSPS) is 10.4. The number of methoxy groups -OCH3 is 1. The van der Waals surface area contributed by atoms with Gasteiger partial charge in [-0.15, -0.1) is 0 Å². The molecule has 0 spiro atoms. The van der Waals surface area contributed by atoms with Crippen molar-refractivity contribution in [3.63, 3.8) is 0 Å². The second kappa shape index (κ2) is 7.51. The minimum absolute atomic E-state index is 0.128. The van der Waals surface area contributed by atoms with E-state index >= 15 is 0 Å². The van der Waals surface area contributed by atoms with Crippen molar-refractivity contribution in [1.82, 2.24) is 0 Å². The molecule has 3 aromatic rings. The molecule has 0 aliphatic rings. The predicted molar refractivity (Wildman–Crippen MR) is 92.2 cm³/mol. The molecule has 24 heavy (non-hydrogen) atoms. The van der Waals surface area contributed by atoms with E-state index < -0.39 is 5.97 Å². The third-order valence-electron chi connectivity index (χ3n) is 3.68. The van der Waals surface area contributed by atoms with E-state index in [1.807, 2.05) is 42.5 Å². The Morgan fingerprint density at radius 3 is 2.38 bits per heavy atom. The van der Waals surface area contributed by atoms with Gasteiger partial charge in [0.25, 0.3) is 0 Å². The summed E-state index contributed by atoms with van der Waals surface area (Å²) in [7, 11) is 1.60. The maximum Gasteiger partial charge on any atom is 0.344 e. The average Bonchev–Trinajstić information content (AvgIpc) is 2.65. The van der Waals surface area contributed by atoms with Gasteiger partial charge in [-0.1, -0.05) is 42.5 Å². The lowest BCUT2D eigenvalue weighted by Gasteiger charge is -2.09. The number of carbonyl (C=O) groups is 1. The monoisotopic (exact) mass is 322 g/mol. The summed E-state index contributed by atoms with van der Waals surface area (Å²) in [4.78, 5) is 11.9. The summed E-state index contributed by atoms with van der Waals surface area (Å²) in [6.07, 6.45) is 0. The lowest BCUT2D eigenvalue weighted by Crippen LogP contribution is -2.14. The van der Waals surface area contributed by atoms with E-state index in [0.717, 1.165) is 22.1 Å². The predicted octanol–water partition coefficient (Wildman–Crippen LogP) is 3.97. The number of carbonyl (C=O) groups excluding carboxylic acids is 1. The number of benzene rings is 3. The first kappa shape index (κ1) is 15.9. The van der Waals surface area contributed by atoms with Crippen LogP contribution in [0.5, 0.6) is 11.5 Å². The average molecular weight is 322 g/mol. The molecule has 0 aliphatic carbocycles. The van der Waals surface area contributed by atoms with E-state index in [1.54, 1.807) is 31.4 Å². The molecule has 4 nitrogen and oxygen atoms in total. The van der Waals surface area contributed by atoms with Crippen LogP contribution in [0.3, 0.4) is 0 Å². The third-order valence-corrected chi connectivity index (χ3v) is 3.68. The molecule has 0 aliphatic heterocycles. The number of esters is 1. The maximum absolute atomic E-state index is 11.9. The van der Waals surface area contributed by atoms with Gasteiger partial charge in [0.15, 0.2) is 6.61 Å². The Labute approximate surface area is 140 Å². The van der Waals surface area contributed by atoms with E-state index in [1.165, 1.54) is 0 Å². The minimum Gasteiger partial charge on any atom is -0.497 e. The van der Waals surface area contributed by atoms with Crippen LogP contribution >= 0.6 is 0 Å². The van der Waals surface area contributed by atoms with Gasteiger partial charge in [-0.05, 0) is 40.6 Å². The van der Waals surface area contributed by atoms with Crippen LogP contribution in [-0.4, -0.2) is 19.7 Å². The SMILES string of the molecule is COc1ccc(OCC(=O)OCc2cccc3ccccc23)cc1. The van der Waals surface area contributed by atoms with Gasteiger partial charge < -0.3 is 14.2 Å². The summed E-state index contributed by atoms with van der Waals surface area (Å²) in [5.41, 5.74) is 0.978. The zero-order chi connectivity index (χ0) is 16.8.